The molecule has 1 nitrogen and oxygen atoms in total. The lowest BCUT2D eigenvalue weighted by molar-refractivity contribution is 0.0650. The molecule has 18 heavy (non-hydrogen) atoms. The van der Waals surface area contributed by atoms with E-state index < -0.39 is 0 Å². The molecule has 1 saturated heterocycles. The number of ether oxygens (including phenoxy) is 1. The molecule has 2 heteroatoms. The summed E-state index contributed by atoms with van der Waals surface area (Å²) in [6.45, 7) is 6.16. The second-order valence-electron chi connectivity index (χ2n) is 5.09. The first-order valence-corrected chi connectivity index (χ1v) is 7.53. The van der Waals surface area contributed by atoms with E-state index in [9.17, 15) is 0 Å². The van der Waals surface area contributed by atoms with E-state index in [4.69, 9.17) is 16.3 Å². The molecule has 1 aliphatic heterocycles. The van der Waals surface area contributed by atoms with E-state index in [1.54, 1.807) is 0 Å². The molecule has 2 rings (SSSR count). The fraction of sp³-hybridized carbons (Fsp3) is 0.625. The van der Waals surface area contributed by atoms with Crippen LogP contribution in [-0.2, 0) is 17.6 Å². The first kappa shape index (κ1) is 13.9. The average Bonchev–Trinajstić information content (AvgIpc) is 2.46. The van der Waals surface area contributed by atoms with E-state index in [1.807, 2.05) is 0 Å². The lowest BCUT2D eigenvalue weighted by Crippen LogP contribution is -2.19. The van der Waals surface area contributed by atoms with Gasteiger partial charge in [-0.1, -0.05) is 32.0 Å². The van der Waals surface area contributed by atoms with E-state index in [2.05, 4.69) is 32.0 Å². The van der Waals surface area contributed by atoms with Gasteiger partial charge in [0.15, 0.2) is 0 Å². The molecule has 100 valence electrons. The molecular formula is C16H23ClO. The minimum atomic E-state index is 0.144. The maximum Gasteiger partial charge on any atom is 0.0615 e. The molecule has 0 amide bonds. The maximum atomic E-state index is 6.65. The summed E-state index contributed by atoms with van der Waals surface area (Å²) in [5.41, 5.74) is 4.20. The van der Waals surface area contributed by atoms with Gasteiger partial charge < -0.3 is 4.74 Å². The molecular weight excluding hydrogens is 244 g/mol. The van der Waals surface area contributed by atoms with Gasteiger partial charge >= 0.3 is 0 Å². The highest BCUT2D eigenvalue weighted by molar-refractivity contribution is 6.21. The van der Waals surface area contributed by atoms with Gasteiger partial charge in [-0.25, -0.2) is 0 Å². The van der Waals surface area contributed by atoms with Crippen molar-refractivity contribution in [2.75, 3.05) is 13.2 Å². The van der Waals surface area contributed by atoms with Gasteiger partial charge in [0.05, 0.1) is 5.38 Å². The summed E-state index contributed by atoms with van der Waals surface area (Å²) >= 11 is 6.65. The summed E-state index contributed by atoms with van der Waals surface area (Å²) in [7, 11) is 0. The lowest BCUT2D eigenvalue weighted by Gasteiger charge is -2.27. The van der Waals surface area contributed by atoms with Crippen LogP contribution >= 0.6 is 11.6 Å². The molecule has 0 bridgehead atoms. The van der Waals surface area contributed by atoms with Crippen LogP contribution in [0.4, 0.5) is 0 Å². The predicted molar refractivity (Wildman–Crippen MR) is 77.3 cm³/mol. The van der Waals surface area contributed by atoms with Crippen molar-refractivity contribution in [3.05, 3.63) is 34.9 Å². The van der Waals surface area contributed by atoms with Crippen molar-refractivity contribution in [2.45, 2.75) is 44.9 Å². The second kappa shape index (κ2) is 6.58. The molecule has 1 heterocycles. The Kier molecular flexibility index (Phi) is 5.08. The van der Waals surface area contributed by atoms with Crippen molar-refractivity contribution in [1.82, 2.24) is 0 Å². The smallest absolute Gasteiger partial charge is 0.0615 e. The zero-order chi connectivity index (χ0) is 13.0. The van der Waals surface area contributed by atoms with Crippen molar-refractivity contribution in [1.29, 1.82) is 0 Å². The van der Waals surface area contributed by atoms with E-state index in [-0.39, 0.29) is 5.38 Å². The minimum Gasteiger partial charge on any atom is -0.381 e. The summed E-state index contributed by atoms with van der Waals surface area (Å²) in [5, 5.41) is 0.144. The van der Waals surface area contributed by atoms with Crippen LogP contribution in [0.25, 0.3) is 0 Å². The number of hydrogen-bond donors (Lipinski definition) is 0. The fourth-order valence-corrected chi connectivity index (χ4v) is 3.16. The van der Waals surface area contributed by atoms with Crippen LogP contribution < -0.4 is 0 Å². The van der Waals surface area contributed by atoms with Crippen LogP contribution in [-0.4, -0.2) is 13.2 Å². The zero-order valence-corrected chi connectivity index (χ0v) is 12.2. The number of halogens is 1. The van der Waals surface area contributed by atoms with Crippen molar-refractivity contribution < 1.29 is 4.74 Å². The minimum absolute atomic E-state index is 0.144. The van der Waals surface area contributed by atoms with E-state index in [0.717, 1.165) is 38.9 Å². The summed E-state index contributed by atoms with van der Waals surface area (Å²) in [5.74, 6) is 0.567. The Balaban J connectivity index is 2.16. The van der Waals surface area contributed by atoms with Gasteiger partial charge in [-0.2, -0.15) is 0 Å². The fourth-order valence-electron chi connectivity index (χ4n) is 2.77. The molecule has 1 unspecified atom stereocenters. The number of benzene rings is 1. The predicted octanol–water partition coefficient (Wildman–Crippen LogP) is 4.52. The first-order valence-electron chi connectivity index (χ1n) is 7.09. The third-order valence-corrected chi connectivity index (χ3v) is 4.60. The highest BCUT2D eigenvalue weighted by Gasteiger charge is 2.23. The molecule has 0 N–H and O–H groups in total. The Labute approximate surface area is 115 Å². The molecule has 0 spiro atoms. The molecule has 1 aromatic rings. The third-order valence-electron chi connectivity index (χ3n) is 3.99. The Hall–Kier alpha value is -0.530. The largest absolute Gasteiger partial charge is 0.381 e. The molecule has 1 aliphatic rings. The summed E-state index contributed by atoms with van der Waals surface area (Å²) < 4.78 is 5.41. The Morgan fingerprint density at radius 1 is 1.17 bits per heavy atom. The zero-order valence-electron chi connectivity index (χ0n) is 11.4. The van der Waals surface area contributed by atoms with Crippen molar-refractivity contribution in [3.63, 3.8) is 0 Å². The Bertz CT molecular complexity index is 383. The Morgan fingerprint density at radius 3 is 2.44 bits per heavy atom. The van der Waals surface area contributed by atoms with Gasteiger partial charge in [-0.3, -0.25) is 0 Å². The van der Waals surface area contributed by atoms with Crippen molar-refractivity contribution in [2.24, 2.45) is 5.92 Å². The number of rotatable bonds is 4. The highest BCUT2D eigenvalue weighted by Crippen LogP contribution is 2.36. The molecule has 0 aromatic heterocycles. The summed E-state index contributed by atoms with van der Waals surface area (Å²) in [6.07, 6.45) is 4.37. The standard InChI is InChI=1S/C16H23ClO/c1-3-12-5-6-15(11-13(12)4-2)16(17)14-7-9-18-10-8-14/h5-6,11,14,16H,3-4,7-10H2,1-2H3. The van der Waals surface area contributed by atoms with Crippen LogP contribution in [0, 0.1) is 5.92 Å². The molecule has 0 saturated carbocycles. The van der Waals surface area contributed by atoms with Gasteiger partial charge in [-0.05, 0) is 48.3 Å². The SMILES string of the molecule is CCc1ccc(C(Cl)C2CCOCC2)cc1CC. The topological polar surface area (TPSA) is 9.23 Å². The van der Waals surface area contributed by atoms with Gasteiger partial charge in [0.1, 0.15) is 0 Å². The van der Waals surface area contributed by atoms with Crippen LogP contribution in [0.2, 0.25) is 0 Å². The summed E-state index contributed by atoms with van der Waals surface area (Å²) in [6, 6.07) is 6.78. The van der Waals surface area contributed by atoms with Crippen molar-refractivity contribution >= 4 is 11.6 Å². The molecule has 0 radical (unpaired) electrons. The van der Waals surface area contributed by atoms with Crippen molar-refractivity contribution in [3.8, 4) is 0 Å². The lowest BCUT2D eigenvalue weighted by atomic mass is 9.89. The van der Waals surface area contributed by atoms with Crippen LogP contribution in [0.5, 0.6) is 0 Å². The summed E-state index contributed by atoms with van der Waals surface area (Å²) in [4.78, 5) is 0. The van der Waals surface area contributed by atoms with Gasteiger partial charge in [0.25, 0.3) is 0 Å². The average molecular weight is 267 g/mol. The molecule has 1 aromatic carbocycles. The molecule has 0 aliphatic carbocycles. The van der Waals surface area contributed by atoms with E-state index >= 15 is 0 Å². The van der Waals surface area contributed by atoms with Crippen LogP contribution in [0.3, 0.4) is 0 Å². The molecule has 1 fully saturated rings. The van der Waals surface area contributed by atoms with E-state index in [1.165, 1.54) is 16.7 Å². The Morgan fingerprint density at radius 2 is 1.83 bits per heavy atom. The maximum absolute atomic E-state index is 6.65. The van der Waals surface area contributed by atoms with Gasteiger partial charge in [0.2, 0.25) is 0 Å². The molecule has 1 atom stereocenters. The van der Waals surface area contributed by atoms with Gasteiger partial charge in [0, 0.05) is 13.2 Å². The quantitative estimate of drug-likeness (QED) is 0.728. The third kappa shape index (κ3) is 3.07. The number of hydrogen-bond acceptors (Lipinski definition) is 1. The highest BCUT2D eigenvalue weighted by atomic mass is 35.5. The van der Waals surface area contributed by atoms with Gasteiger partial charge in [-0.15, -0.1) is 11.6 Å². The first-order chi connectivity index (χ1) is 8.76. The van der Waals surface area contributed by atoms with Crippen LogP contribution in [0.1, 0.15) is 48.8 Å². The van der Waals surface area contributed by atoms with Crippen LogP contribution in [0.15, 0.2) is 18.2 Å². The second-order valence-corrected chi connectivity index (χ2v) is 5.56. The normalized spacial score (nSPS) is 18.8. The monoisotopic (exact) mass is 266 g/mol. The number of aryl methyl sites for hydroxylation is 2. The number of alkyl halides is 1. The van der Waals surface area contributed by atoms with E-state index in [0.29, 0.717) is 5.92 Å².